The molecule has 0 saturated carbocycles. The molecule has 0 bridgehead atoms. The van der Waals surface area contributed by atoms with Gasteiger partial charge in [-0.05, 0) is 0 Å². The summed E-state index contributed by atoms with van der Waals surface area (Å²) in [6.07, 6.45) is -54.7. The number of alkyl halides is 20. The van der Waals surface area contributed by atoms with Gasteiger partial charge in [-0.25, -0.2) is 8.78 Å². The van der Waals surface area contributed by atoms with E-state index in [0.29, 0.717) is 0 Å². The van der Waals surface area contributed by atoms with E-state index in [1.54, 1.807) is 0 Å². The van der Waals surface area contributed by atoms with Crippen LogP contribution in [-0.4, -0.2) is 85.8 Å². The molecule has 0 aliphatic carbocycles. The Morgan fingerprint density at radius 1 is 0.500 bits per heavy atom. The molecule has 0 aromatic carbocycles. The van der Waals surface area contributed by atoms with Gasteiger partial charge in [0.1, 0.15) is 6.10 Å². The maximum Gasteiger partial charge on any atom is 0.462 e. The molecule has 1 N–H and O–H groups in total. The van der Waals surface area contributed by atoms with Crippen molar-refractivity contribution in [1.29, 1.82) is 0 Å². The van der Waals surface area contributed by atoms with Crippen molar-refractivity contribution in [3.63, 3.8) is 0 Å². The van der Waals surface area contributed by atoms with E-state index in [1.807, 2.05) is 9.47 Å². The van der Waals surface area contributed by atoms with Crippen LogP contribution in [0.4, 0.5) is 87.8 Å². The normalized spacial score (nSPS) is 17.9. The molecule has 230 valence electrons. The maximum atomic E-state index is 13.4. The van der Waals surface area contributed by atoms with E-state index in [4.69, 9.17) is 5.11 Å². The summed E-state index contributed by atoms with van der Waals surface area (Å²) in [5.41, 5.74) is 0. The first-order chi connectivity index (χ1) is 16.4. The van der Waals surface area contributed by atoms with E-state index >= 15 is 0 Å². The Balaban J connectivity index is 5.44. The summed E-state index contributed by atoms with van der Waals surface area (Å²) < 4.78 is 262. The summed E-state index contributed by atoms with van der Waals surface area (Å²) in [6.45, 7) is -4.72. The molecule has 25 heteroatoms. The van der Waals surface area contributed by atoms with Crippen molar-refractivity contribution in [2.75, 3.05) is 13.2 Å². The summed E-state index contributed by atoms with van der Waals surface area (Å²) in [4.78, 5) is 0. The number of halogens is 20. The number of aliphatic hydroxyl groups is 1. The van der Waals surface area contributed by atoms with Crippen molar-refractivity contribution in [2.24, 2.45) is 0 Å². The first-order valence-electron chi connectivity index (χ1n) is 8.36. The van der Waals surface area contributed by atoms with Crippen LogP contribution in [0.2, 0.25) is 0 Å². The van der Waals surface area contributed by atoms with Crippen molar-refractivity contribution in [3.8, 4) is 0 Å². The lowest BCUT2D eigenvalue weighted by molar-refractivity contribution is -0.472. The summed E-state index contributed by atoms with van der Waals surface area (Å²) >= 11 is 0. The van der Waals surface area contributed by atoms with Crippen LogP contribution >= 0.6 is 0 Å². The predicted octanol–water partition coefficient (Wildman–Crippen LogP) is 5.77. The molecule has 0 rings (SSSR count). The van der Waals surface area contributed by atoms with Crippen molar-refractivity contribution in [1.82, 2.24) is 0 Å². The van der Waals surface area contributed by atoms with Crippen LogP contribution in [0, 0.1) is 0 Å². The molecule has 0 radical (unpaired) electrons. The van der Waals surface area contributed by atoms with Crippen LogP contribution in [-0.2, 0) is 18.9 Å². The standard InChI is InChI=1S/C13H8F20O5/c14-4(37-12(30,31)8(20,21)10(24,25)26)6(16,17)35-2-3(1-34)36-7(18,19)5(15)38-13(32,33)9(22,23)11(27,28)29/h3-5,34H,1-2H2. The molecule has 0 fully saturated rings. The zero-order chi connectivity index (χ0) is 31.0. The topological polar surface area (TPSA) is 57.2 Å². The lowest BCUT2D eigenvalue weighted by atomic mass is 10.3. The summed E-state index contributed by atoms with van der Waals surface area (Å²) in [5, 5.41) is 8.63. The number of hydrogen-bond donors (Lipinski definition) is 1. The molecule has 3 atom stereocenters. The molecule has 0 saturated heterocycles. The van der Waals surface area contributed by atoms with E-state index in [9.17, 15) is 87.8 Å². The van der Waals surface area contributed by atoms with Gasteiger partial charge in [0.2, 0.25) is 0 Å². The SMILES string of the molecule is OCC(COC(F)(F)C(F)OC(F)(F)C(F)(F)C(F)(F)F)OC(F)(F)C(F)OC(F)(F)C(F)(F)C(F)(F)F. The van der Waals surface area contributed by atoms with E-state index < -0.39 is 80.7 Å². The minimum absolute atomic E-state index is 1.99. The Bertz CT molecular complexity index is 763. The van der Waals surface area contributed by atoms with Crippen molar-refractivity contribution < 1.29 is 112 Å². The van der Waals surface area contributed by atoms with Gasteiger partial charge in [0, 0.05) is 0 Å². The van der Waals surface area contributed by atoms with Crippen molar-refractivity contribution >= 4 is 0 Å². The first kappa shape index (κ1) is 36.4. The Morgan fingerprint density at radius 2 is 0.816 bits per heavy atom. The fraction of sp³-hybridized carbons (Fsp3) is 1.00. The quantitative estimate of drug-likeness (QED) is 0.249. The Morgan fingerprint density at radius 3 is 1.11 bits per heavy atom. The molecule has 3 unspecified atom stereocenters. The Hall–Kier alpha value is -1.60. The molecular weight excluding hydrogens is 616 g/mol. The number of aliphatic hydroxyl groups excluding tert-OH is 1. The second-order valence-corrected chi connectivity index (χ2v) is 6.40. The van der Waals surface area contributed by atoms with Gasteiger partial charge < -0.3 is 14.6 Å². The summed E-state index contributed by atoms with van der Waals surface area (Å²) in [5.74, 6) is -14.6. The van der Waals surface area contributed by atoms with Gasteiger partial charge in [0.25, 0.3) is 12.7 Å². The highest BCUT2D eigenvalue weighted by Crippen LogP contribution is 2.50. The highest BCUT2D eigenvalue weighted by Gasteiger charge is 2.77. The fourth-order valence-corrected chi connectivity index (χ4v) is 1.54. The monoisotopic (exact) mass is 624 g/mol. The molecule has 0 heterocycles. The van der Waals surface area contributed by atoms with Crippen molar-refractivity contribution in [3.05, 3.63) is 0 Å². The second-order valence-electron chi connectivity index (χ2n) is 6.40. The zero-order valence-electron chi connectivity index (χ0n) is 16.8. The molecule has 0 aliphatic heterocycles. The van der Waals surface area contributed by atoms with Gasteiger partial charge in [0.05, 0.1) is 13.2 Å². The van der Waals surface area contributed by atoms with Crippen LogP contribution in [0.25, 0.3) is 0 Å². The minimum Gasteiger partial charge on any atom is -0.394 e. The lowest BCUT2D eigenvalue weighted by Crippen LogP contribution is -2.56. The molecule has 5 nitrogen and oxygen atoms in total. The van der Waals surface area contributed by atoms with Gasteiger partial charge in [-0.2, -0.15) is 79.0 Å². The largest absolute Gasteiger partial charge is 0.462 e. The van der Waals surface area contributed by atoms with Gasteiger partial charge >= 0.3 is 48.6 Å². The van der Waals surface area contributed by atoms with E-state index in [2.05, 4.69) is 9.47 Å². The van der Waals surface area contributed by atoms with Crippen LogP contribution in [0.15, 0.2) is 0 Å². The zero-order valence-corrected chi connectivity index (χ0v) is 16.8. The van der Waals surface area contributed by atoms with Gasteiger partial charge in [0.15, 0.2) is 0 Å². The second kappa shape index (κ2) is 11.1. The molecule has 0 spiro atoms. The Kier molecular flexibility index (Phi) is 10.6. The van der Waals surface area contributed by atoms with Crippen LogP contribution in [0.3, 0.4) is 0 Å². The van der Waals surface area contributed by atoms with Gasteiger partial charge in [-0.1, -0.05) is 0 Å². The third-order valence-electron chi connectivity index (χ3n) is 3.46. The number of ether oxygens (including phenoxy) is 4. The van der Waals surface area contributed by atoms with Crippen LogP contribution in [0.5, 0.6) is 0 Å². The molecule has 0 aromatic heterocycles. The molecule has 38 heavy (non-hydrogen) atoms. The van der Waals surface area contributed by atoms with Crippen molar-refractivity contribution in [2.45, 2.75) is 67.5 Å². The Labute approximate surface area is 194 Å². The molecule has 0 aliphatic rings. The fourth-order valence-electron chi connectivity index (χ4n) is 1.54. The minimum atomic E-state index is -7.32. The average Bonchev–Trinajstić information content (AvgIpc) is 2.68. The third kappa shape index (κ3) is 7.97. The van der Waals surface area contributed by atoms with Crippen LogP contribution < -0.4 is 0 Å². The van der Waals surface area contributed by atoms with E-state index in [-0.39, 0.29) is 0 Å². The summed E-state index contributed by atoms with van der Waals surface area (Å²) in [7, 11) is 0. The highest BCUT2D eigenvalue weighted by atomic mass is 19.4. The first-order valence-corrected chi connectivity index (χ1v) is 8.36. The highest BCUT2D eigenvalue weighted by molar-refractivity contribution is 4.87. The number of rotatable bonds is 14. The molecule has 0 amide bonds. The van der Waals surface area contributed by atoms with Crippen LogP contribution in [0.1, 0.15) is 0 Å². The van der Waals surface area contributed by atoms with E-state index in [1.165, 1.54) is 0 Å². The lowest BCUT2D eigenvalue weighted by Gasteiger charge is -2.32. The summed E-state index contributed by atoms with van der Waals surface area (Å²) in [6, 6.07) is 0. The molecule has 0 aromatic rings. The van der Waals surface area contributed by atoms with Gasteiger partial charge in [-0.3, -0.25) is 9.47 Å². The average molecular weight is 624 g/mol. The number of hydrogen-bond acceptors (Lipinski definition) is 5. The predicted molar refractivity (Wildman–Crippen MR) is 71.7 cm³/mol. The molecular formula is C13H8F20O5. The van der Waals surface area contributed by atoms with E-state index in [0.717, 1.165) is 0 Å². The maximum absolute atomic E-state index is 13.4. The third-order valence-corrected chi connectivity index (χ3v) is 3.46. The van der Waals surface area contributed by atoms with Gasteiger partial charge in [-0.15, -0.1) is 0 Å². The smallest absolute Gasteiger partial charge is 0.394 e.